The molecule has 0 unspecified atom stereocenters. The number of benzene rings is 1. The van der Waals surface area contributed by atoms with Gasteiger partial charge in [-0.2, -0.15) is 0 Å². The van der Waals surface area contributed by atoms with Crippen molar-refractivity contribution in [2.75, 3.05) is 40.4 Å². The van der Waals surface area contributed by atoms with Crippen molar-refractivity contribution in [1.82, 2.24) is 10.2 Å². The number of likely N-dealkylation sites (N-methyl/N-ethyl adjacent to an activating group) is 1. The van der Waals surface area contributed by atoms with Crippen LogP contribution in [0.25, 0.3) is 0 Å². The fraction of sp³-hybridized carbons (Fsp3) is 0.588. The van der Waals surface area contributed by atoms with Crippen molar-refractivity contribution in [2.45, 2.75) is 19.3 Å². The molecule has 1 aromatic rings. The summed E-state index contributed by atoms with van der Waals surface area (Å²) in [5.41, 5.74) is 0.626. The van der Waals surface area contributed by atoms with Gasteiger partial charge in [0.25, 0.3) is 0 Å². The molecule has 1 aliphatic carbocycles. The summed E-state index contributed by atoms with van der Waals surface area (Å²) in [5.74, 6) is 0.421. The normalized spacial score (nSPS) is 14.2. The summed E-state index contributed by atoms with van der Waals surface area (Å²) in [6.45, 7) is 2.83. The Labute approximate surface area is 159 Å². The Morgan fingerprint density at radius 3 is 2.54 bits per heavy atom. The molecular formula is C17H26F2IN3O. The average molecular weight is 453 g/mol. The van der Waals surface area contributed by atoms with E-state index < -0.39 is 11.6 Å². The van der Waals surface area contributed by atoms with Crippen LogP contribution in [0.4, 0.5) is 8.78 Å². The van der Waals surface area contributed by atoms with Crippen LogP contribution < -0.4 is 5.32 Å². The van der Waals surface area contributed by atoms with E-state index in [0.717, 1.165) is 31.1 Å². The topological polar surface area (TPSA) is 36.9 Å². The first-order valence-electron chi connectivity index (χ1n) is 8.03. The number of guanidine groups is 1. The molecule has 1 fully saturated rings. The molecule has 0 aromatic heterocycles. The van der Waals surface area contributed by atoms with Gasteiger partial charge in [-0.05, 0) is 42.9 Å². The number of hydrogen-bond donors (Lipinski definition) is 1. The van der Waals surface area contributed by atoms with Crippen molar-refractivity contribution >= 4 is 29.9 Å². The first kappa shape index (κ1) is 21.1. The van der Waals surface area contributed by atoms with Gasteiger partial charge in [-0.25, -0.2) is 8.78 Å². The van der Waals surface area contributed by atoms with Crippen molar-refractivity contribution in [1.29, 1.82) is 0 Å². The van der Waals surface area contributed by atoms with Crippen LogP contribution in [0.1, 0.15) is 18.4 Å². The van der Waals surface area contributed by atoms with Gasteiger partial charge in [0.05, 0.1) is 6.61 Å². The molecule has 1 N–H and O–H groups in total. The molecule has 0 spiro atoms. The van der Waals surface area contributed by atoms with Crippen LogP contribution in [0.2, 0.25) is 0 Å². The Morgan fingerprint density at radius 1 is 1.29 bits per heavy atom. The standard InChI is InChI=1S/C17H25F2N3O.HI/c1-20-17(22(2)7-8-23-12-13-3-4-13)21-6-5-14-9-15(18)11-16(19)10-14;/h9-11,13H,3-8,12H2,1-2H3,(H,20,21);1H. The molecule has 0 amide bonds. The van der Waals surface area contributed by atoms with E-state index in [1.165, 1.54) is 25.0 Å². The second-order valence-corrected chi connectivity index (χ2v) is 5.94. The average Bonchev–Trinajstić information content (AvgIpc) is 3.31. The van der Waals surface area contributed by atoms with Crippen molar-refractivity contribution in [3.8, 4) is 0 Å². The molecule has 1 saturated carbocycles. The van der Waals surface area contributed by atoms with Crippen LogP contribution in [0, 0.1) is 17.6 Å². The van der Waals surface area contributed by atoms with Gasteiger partial charge in [-0.3, -0.25) is 4.99 Å². The third-order valence-corrected chi connectivity index (χ3v) is 3.81. The van der Waals surface area contributed by atoms with E-state index >= 15 is 0 Å². The third-order valence-electron chi connectivity index (χ3n) is 3.81. The van der Waals surface area contributed by atoms with Crippen LogP contribution in [-0.2, 0) is 11.2 Å². The van der Waals surface area contributed by atoms with Gasteiger partial charge in [-0.1, -0.05) is 0 Å². The molecule has 24 heavy (non-hydrogen) atoms. The number of nitrogens with zero attached hydrogens (tertiary/aromatic N) is 2. The van der Waals surface area contributed by atoms with E-state index in [1.807, 2.05) is 11.9 Å². The van der Waals surface area contributed by atoms with E-state index in [4.69, 9.17) is 4.74 Å². The predicted octanol–water partition coefficient (Wildman–Crippen LogP) is 3.06. The summed E-state index contributed by atoms with van der Waals surface area (Å²) >= 11 is 0. The largest absolute Gasteiger partial charge is 0.379 e. The quantitative estimate of drug-likeness (QED) is 0.285. The van der Waals surface area contributed by atoms with Gasteiger partial charge < -0.3 is 15.0 Å². The first-order valence-corrected chi connectivity index (χ1v) is 8.03. The van der Waals surface area contributed by atoms with E-state index in [-0.39, 0.29) is 24.0 Å². The van der Waals surface area contributed by atoms with Gasteiger partial charge in [0, 0.05) is 39.9 Å². The maximum Gasteiger partial charge on any atom is 0.193 e. The molecule has 0 radical (unpaired) electrons. The zero-order valence-electron chi connectivity index (χ0n) is 14.2. The monoisotopic (exact) mass is 453 g/mol. The number of rotatable bonds is 8. The summed E-state index contributed by atoms with van der Waals surface area (Å²) in [4.78, 5) is 6.19. The fourth-order valence-corrected chi connectivity index (χ4v) is 2.30. The molecule has 0 saturated heterocycles. The Balaban J connectivity index is 0.00000288. The minimum atomic E-state index is -0.547. The molecule has 7 heteroatoms. The molecule has 0 heterocycles. The summed E-state index contributed by atoms with van der Waals surface area (Å²) in [5, 5.41) is 3.19. The second kappa shape index (κ2) is 10.8. The van der Waals surface area contributed by atoms with E-state index in [0.29, 0.717) is 25.1 Å². The predicted molar refractivity (Wildman–Crippen MR) is 103 cm³/mol. The first-order chi connectivity index (χ1) is 11.1. The SMILES string of the molecule is CN=C(NCCc1cc(F)cc(F)c1)N(C)CCOCC1CC1.I. The highest BCUT2D eigenvalue weighted by atomic mass is 127. The van der Waals surface area contributed by atoms with Crippen molar-refractivity contribution in [3.05, 3.63) is 35.4 Å². The molecule has 4 nitrogen and oxygen atoms in total. The van der Waals surface area contributed by atoms with Gasteiger partial charge in [0.15, 0.2) is 5.96 Å². The molecule has 1 aliphatic rings. The minimum Gasteiger partial charge on any atom is -0.379 e. The number of halogens is 3. The molecule has 1 aromatic carbocycles. The summed E-state index contributed by atoms with van der Waals surface area (Å²) in [7, 11) is 3.66. The van der Waals surface area contributed by atoms with Crippen molar-refractivity contribution < 1.29 is 13.5 Å². The zero-order valence-corrected chi connectivity index (χ0v) is 16.6. The third kappa shape index (κ3) is 7.74. The second-order valence-electron chi connectivity index (χ2n) is 5.94. The van der Waals surface area contributed by atoms with E-state index in [9.17, 15) is 8.78 Å². The smallest absolute Gasteiger partial charge is 0.193 e. The van der Waals surface area contributed by atoms with Crippen LogP contribution >= 0.6 is 24.0 Å². The highest BCUT2D eigenvalue weighted by molar-refractivity contribution is 14.0. The number of aliphatic imine (C=N–C) groups is 1. The summed E-state index contributed by atoms with van der Waals surface area (Å²) < 4.78 is 31.9. The highest BCUT2D eigenvalue weighted by Crippen LogP contribution is 2.28. The Bertz CT molecular complexity index is 518. The van der Waals surface area contributed by atoms with Gasteiger partial charge in [0.2, 0.25) is 0 Å². The molecule has 0 aliphatic heterocycles. The summed E-state index contributed by atoms with van der Waals surface area (Å²) in [6.07, 6.45) is 3.11. The van der Waals surface area contributed by atoms with E-state index in [2.05, 4.69) is 10.3 Å². The molecule has 136 valence electrons. The van der Waals surface area contributed by atoms with Crippen LogP contribution in [-0.4, -0.2) is 51.3 Å². The lowest BCUT2D eigenvalue weighted by Crippen LogP contribution is -2.41. The number of hydrogen-bond acceptors (Lipinski definition) is 2. The summed E-state index contributed by atoms with van der Waals surface area (Å²) in [6, 6.07) is 3.58. The van der Waals surface area contributed by atoms with Gasteiger partial charge in [-0.15, -0.1) is 24.0 Å². The molecule has 2 rings (SSSR count). The Hall–Kier alpha value is -0.960. The van der Waals surface area contributed by atoms with E-state index in [1.54, 1.807) is 7.05 Å². The fourth-order valence-electron chi connectivity index (χ4n) is 2.30. The lowest BCUT2D eigenvalue weighted by molar-refractivity contribution is 0.115. The number of ether oxygens (including phenoxy) is 1. The minimum absolute atomic E-state index is 0. The number of nitrogens with one attached hydrogen (secondary N) is 1. The van der Waals surface area contributed by atoms with Crippen LogP contribution in [0.3, 0.4) is 0 Å². The molecule has 0 bridgehead atoms. The molecular weight excluding hydrogens is 427 g/mol. The zero-order chi connectivity index (χ0) is 16.7. The lowest BCUT2D eigenvalue weighted by Gasteiger charge is -2.22. The Kier molecular flexibility index (Phi) is 9.50. The van der Waals surface area contributed by atoms with Crippen LogP contribution in [0.5, 0.6) is 0 Å². The highest BCUT2D eigenvalue weighted by Gasteiger charge is 2.21. The maximum absolute atomic E-state index is 13.1. The van der Waals surface area contributed by atoms with Gasteiger partial charge in [0.1, 0.15) is 11.6 Å². The van der Waals surface area contributed by atoms with Gasteiger partial charge >= 0.3 is 0 Å². The van der Waals surface area contributed by atoms with Crippen molar-refractivity contribution in [2.24, 2.45) is 10.9 Å². The Morgan fingerprint density at radius 2 is 1.96 bits per heavy atom. The van der Waals surface area contributed by atoms with Crippen molar-refractivity contribution in [3.63, 3.8) is 0 Å². The maximum atomic E-state index is 13.1. The molecule has 0 atom stereocenters. The lowest BCUT2D eigenvalue weighted by atomic mass is 10.1. The van der Waals surface area contributed by atoms with Crippen LogP contribution in [0.15, 0.2) is 23.2 Å².